The molecule has 1 saturated heterocycles. The summed E-state index contributed by atoms with van der Waals surface area (Å²) in [5.74, 6) is 0.945. The number of rotatable bonds is 6. The zero-order valence-electron chi connectivity index (χ0n) is 18.6. The highest BCUT2D eigenvalue weighted by atomic mass is 32.1. The molecule has 5 rings (SSSR count). The van der Waals surface area contributed by atoms with Gasteiger partial charge >= 0.3 is 0 Å². The van der Waals surface area contributed by atoms with Crippen molar-refractivity contribution >= 4 is 51.9 Å². The monoisotopic (exact) mass is 484 g/mol. The number of aromatic nitrogens is 2. The van der Waals surface area contributed by atoms with E-state index in [1.165, 1.54) is 11.0 Å². The fourth-order valence-electron chi connectivity index (χ4n) is 3.68. The van der Waals surface area contributed by atoms with Gasteiger partial charge in [0.15, 0.2) is 5.11 Å². The van der Waals surface area contributed by atoms with Gasteiger partial charge in [-0.25, -0.2) is 4.98 Å². The van der Waals surface area contributed by atoms with E-state index in [9.17, 15) is 9.59 Å². The lowest BCUT2D eigenvalue weighted by molar-refractivity contribution is -0.122. The minimum absolute atomic E-state index is 0.0228. The van der Waals surface area contributed by atoms with Crippen LogP contribution in [0.1, 0.15) is 11.4 Å². The molecule has 3 aromatic carbocycles. The zero-order chi connectivity index (χ0) is 24.4. The Morgan fingerprint density at radius 2 is 1.69 bits per heavy atom. The van der Waals surface area contributed by atoms with Crippen LogP contribution in [0.5, 0.6) is 11.5 Å². The second-order valence-electron chi connectivity index (χ2n) is 7.71. The standard InChI is InChI=1S/C26H20N4O4S/c1-33-18-12-8-17(9-13-18)30-25(32)20(24(31)29-26(30)35)14-16-6-10-19(11-7-16)34-15-23-27-21-4-2-3-5-22(21)28-23/h2-14H,15H2,1H3,(H,27,28)(H,29,31,35)/b20-14-. The Kier molecular flexibility index (Phi) is 5.99. The van der Waals surface area contributed by atoms with Crippen LogP contribution in [-0.4, -0.2) is 34.0 Å². The molecule has 0 saturated carbocycles. The summed E-state index contributed by atoms with van der Waals surface area (Å²) in [5.41, 5.74) is 3.01. The highest BCUT2D eigenvalue weighted by Crippen LogP contribution is 2.25. The molecular weight excluding hydrogens is 464 g/mol. The molecule has 174 valence electrons. The van der Waals surface area contributed by atoms with Gasteiger partial charge in [0.2, 0.25) is 0 Å². The molecule has 0 unspecified atom stereocenters. The van der Waals surface area contributed by atoms with Gasteiger partial charge in [0, 0.05) is 0 Å². The van der Waals surface area contributed by atoms with Crippen molar-refractivity contribution in [1.29, 1.82) is 0 Å². The van der Waals surface area contributed by atoms with Crippen molar-refractivity contribution in [1.82, 2.24) is 15.3 Å². The highest BCUT2D eigenvalue weighted by molar-refractivity contribution is 7.80. The third kappa shape index (κ3) is 4.62. The van der Waals surface area contributed by atoms with Crippen LogP contribution >= 0.6 is 12.2 Å². The summed E-state index contributed by atoms with van der Waals surface area (Å²) >= 11 is 5.24. The Morgan fingerprint density at radius 3 is 2.40 bits per heavy atom. The third-order valence-corrected chi connectivity index (χ3v) is 5.72. The van der Waals surface area contributed by atoms with E-state index in [-0.39, 0.29) is 17.3 Å². The van der Waals surface area contributed by atoms with E-state index in [0.717, 1.165) is 16.9 Å². The predicted octanol–water partition coefficient (Wildman–Crippen LogP) is 3.98. The van der Waals surface area contributed by atoms with Crippen molar-refractivity contribution in [2.75, 3.05) is 12.0 Å². The molecule has 4 aromatic rings. The topological polar surface area (TPSA) is 96.5 Å². The van der Waals surface area contributed by atoms with Gasteiger partial charge in [0.25, 0.3) is 11.8 Å². The number of ether oxygens (including phenoxy) is 2. The molecular formula is C26H20N4O4S. The number of carbonyl (C=O) groups excluding carboxylic acids is 2. The average Bonchev–Trinajstić information content (AvgIpc) is 3.29. The molecule has 35 heavy (non-hydrogen) atoms. The van der Waals surface area contributed by atoms with Crippen LogP contribution in [0.4, 0.5) is 5.69 Å². The molecule has 9 heteroatoms. The van der Waals surface area contributed by atoms with Crippen LogP contribution in [0, 0.1) is 0 Å². The maximum atomic E-state index is 13.1. The van der Waals surface area contributed by atoms with E-state index < -0.39 is 11.8 Å². The van der Waals surface area contributed by atoms with Crippen LogP contribution in [0.25, 0.3) is 17.1 Å². The lowest BCUT2D eigenvalue weighted by Gasteiger charge is -2.29. The fraction of sp³-hybridized carbons (Fsp3) is 0.0769. The Labute approximate surface area is 206 Å². The van der Waals surface area contributed by atoms with Gasteiger partial charge in [-0.2, -0.15) is 0 Å². The smallest absolute Gasteiger partial charge is 0.270 e. The summed E-state index contributed by atoms with van der Waals surface area (Å²) in [5, 5.41) is 2.61. The number of aromatic amines is 1. The number of para-hydroxylation sites is 2. The molecule has 2 N–H and O–H groups in total. The third-order valence-electron chi connectivity index (χ3n) is 5.44. The Morgan fingerprint density at radius 1 is 0.971 bits per heavy atom. The number of nitrogens with zero attached hydrogens (tertiary/aromatic N) is 2. The van der Waals surface area contributed by atoms with Crippen LogP contribution in [0.2, 0.25) is 0 Å². The van der Waals surface area contributed by atoms with E-state index in [1.54, 1.807) is 55.6 Å². The molecule has 0 radical (unpaired) electrons. The summed E-state index contributed by atoms with van der Waals surface area (Å²) in [6.45, 7) is 0.282. The van der Waals surface area contributed by atoms with Crippen molar-refractivity contribution in [3.63, 3.8) is 0 Å². The Hall–Kier alpha value is -4.50. The fourth-order valence-corrected chi connectivity index (χ4v) is 3.96. The number of carbonyl (C=O) groups is 2. The average molecular weight is 485 g/mol. The number of hydrogen-bond acceptors (Lipinski definition) is 6. The van der Waals surface area contributed by atoms with Crippen molar-refractivity contribution < 1.29 is 19.1 Å². The highest BCUT2D eigenvalue weighted by Gasteiger charge is 2.34. The summed E-state index contributed by atoms with van der Waals surface area (Å²) in [7, 11) is 1.56. The number of imidazole rings is 1. The van der Waals surface area contributed by atoms with E-state index in [2.05, 4.69) is 15.3 Å². The molecule has 1 aliphatic heterocycles. The van der Waals surface area contributed by atoms with Crippen LogP contribution in [0.15, 0.2) is 78.4 Å². The molecule has 0 aliphatic carbocycles. The normalized spacial score (nSPS) is 14.9. The van der Waals surface area contributed by atoms with Gasteiger partial charge < -0.3 is 14.5 Å². The van der Waals surface area contributed by atoms with Crippen molar-refractivity contribution in [3.8, 4) is 11.5 Å². The first-order chi connectivity index (χ1) is 17.0. The summed E-state index contributed by atoms with van der Waals surface area (Å²) in [6.07, 6.45) is 1.53. The molecule has 1 aromatic heterocycles. The van der Waals surface area contributed by atoms with Crippen molar-refractivity contribution in [2.24, 2.45) is 0 Å². The molecule has 2 heterocycles. The Bertz CT molecular complexity index is 1430. The quantitative estimate of drug-likeness (QED) is 0.244. The lowest BCUT2D eigenvalue weighted by atomic mass is 10.1. The molecule has 0 spiro atoms. The van der Waals surface area contributed by atoms with E-state index in [0.29, 0.717) is 22.7 Å². The second-order valence-corrected chi connectivity index (χ2v) is 8.10. The zero-order valence-corrected chi connectivity index (χ0v) is 19.5. The number of benzene rings is 3. The second kappa shape index (κ2) is 9.40. The Balaban J connectivity index is 1.31. The minimum atomic E-state index is -0.546. The molecule has 0 atom stereocenters. The predicted molar refractivity (Wildman–Crippen MR) is 136 cm³/mol. The minimum Gasteiger partial charge on any atom is -0.497 e. The van der Waals surface area contributed by atoms with Gasteiger partial charge in [0.1, 0.15) is 29.5 Å². The number of fused-ring (bicyclic) bond motifs is 1. The molecule has 1 fully saturated rings. The lowest BCUT2D eigenvalue weighted by Crippen LogP contribution is -2.54. The first-order valence-corrected chi connectivity index (χ1v) is 11.1. The van der Waals surface area contributed by atoms with Crippen LogP contribution < -0.4 is 19.7 Å². The number of H-pyrrole nitrogens is 1. The summed E-state index contributed by atoms with van der Waals surface area (Å²) in [6, 6.07) is 21.7. The van der Waals surface area contributed by atoms with Crippen molar-refractivity contribution in [2.45, 2.75) is 6.61 Å². The number of anilines is 1. The molecule has 0 bridgehead atoms. The summed E-state index contributed by atoms with van der Waals surface area (Å²) in [4.78, 5) is 34.7. The molecule has 1 aliphatic rings. The van der Waals surface area contributed by atoms with Gasteiger partial charge in [-0.05, 0) is 72.4 Å². The number of thiocarbonyl (C=S) groups is 1. The molecule has 8 nitrogen and oxygen atoms in total. The number of amides is 2. The van der Waals surface area contributed by atoms with Gasteiger partial charge in [-0.15, -0.1) is 0 Å². The maximum absolute atomic E-state index is 13.1. The SMILES string of the molecule is COc1ccc(N2C(=O)/C(=C\c3ccc(OCc4nc5ccccc5[nH]4)cc3)C(=O)NC2=S)cc1. The van der Waals surface area contributed by atoms with Crippen LogP contribution in [-0.2, 0) is 16.2 Å². The number of hydrogen-bond donors (Lipinski definition) is 2. The number of nitrogens with one attached hydrogen (secondary N) is 2. The maximum Gasteiger partial charge on any atom is 0.270 e. The van der Waals surface area contributed by atoms with Gasteiger partial charge in [0.05, 0.1) is 23.8 Å². The van der Waals surface area contributed by atoms with Crippen LogP contribution in [0.3, 0.4) is 0 Å². The summed E-state index contributed by atoms with van der Waals surface area (Å²) < 4.78 is 11.0. The van der Waals surface area contributed by atoms with E-state index >= 15 is 0 Å². The van der Waals surface area contributed by atoms with E-state index in [1.807, 2.05) is 24.3 Å². The first-order valence-electron chi connectivity index (χ1n) is 10.7. The first kappa shape index (κ1) is 22.3. The molecule has 2 amide bonds. The number of methoxy groups -OCH3 is 1. The van der Waals surface area contributed by atoms with Crippen molar-refractivity contribution in [3.05, 3.63) is 89.8 Å². The van der Waals surface area contributed by atoms with Gasteiger partial charge in [-0.1, -0.05) is 24.3 Å². The largest absolute Gasteiger partial charge is 0.497 e. The van der Waals surface area contributed by atoms with E-state index in [4.69, 9.17) is 21.7 Å². The van der Waals surface area contributed by atoms with Gasteiger partial charge in [-0.3, -0.25) is 19.8 Å².